The zero-order chi connectivity index (χ0) is 17.1. The Bertz CT molecular complexity index is 884. The number of nitrogens with one attached hydrogen (secondary N) is 1. The van der Waals surface area contributed by atoms with Gasteiger partial charge in [0.05, 0.1) is 23.4 Å². The molecule has 0 atom stereocenters. The summed E-state index contributed by atoms with van der Waals surface area (Å²) in [7, 11) is 1.52. The Kier molecular flexibility index (Phi) is 4.64. The molecule has 2 aromatic carbocycles. The summed E-state index contributed by atoms with van der Waals surface area (Å²) in [4.78, 5) is 12.6. The van der Waals surface area contributed by atoms with Crippen LogP contribution < -0.4 is 10.1 Å². The number of ether oxygens (including phenoxy) is 1. The number of carbonyl (C=O) groups excluding carboxylic acids is 1. The van der Waals surface area contributed by atoms with Crippen LogP contribution in [0.3, 0.4) is 0 Å². The first kappa shape index (κ1) is 16.2. The maximum absolute atomic E-state index is 12.6. The first-order valence-electron chi connectivity index (χ1n) is 6.76. The quantitative estimate of drug-likeness (QED) is 0.769. The van der Waals surface area contributed by atoms with Crippen molar-refractivity contribution < 1.29 is 9.53 Å². The highest BCUT2D eigenvalue weighted by molar-refractivity contribution is 6.32. The number of aromatic nitrogens is 4. The number of tetrazole rings is 1. The molecule has 1 heterocycles. The largest absolute Gasteiger partial charge is 0.495 e. The van der Waals surface area contributed by atoms with Crippen molar-refractivity contribution >= 4 is 34.8 Å². The Hall–Kier alpha value is -2.64. The van der Waals surface area contributed by atoms with Crippen LogP contribution in [0, 0.1) is 0 Å². The van der Waals surface area contributed by atoms with E-state index >= 15 is 0 Å². The molecule has 1 aromatic heterocycles. The standard InChI is InChI=1S/C15H11Cl2N5O2/c1-24-14-5-3-10(7-12(14)17)19-15(23)11-4-2-9(16)6-13(11)22-8-18-20-21-22/h2-8H,1H3,(H,19,23). The number of hydrogen-bond donors (Lipinski definition) is 1. The Morgan fingerprint density at radius 3 is 2.71 bits per heavy atom. The summed E-state index contributed by atoms with van der Waals surface area (Å²) in [5.74, 6) is 0.175. The molecule has 0 aliphatic rings. The van der Waals surface area contributed by atoms with E-state index in [0.29, 0.717) is 32.7 Å². The molecule has 7 nitrogen and oxygen atoms in total. The van der Waals surface area contributed by atoms with Crippen LogP contribution >= 0.6 is 23.2 Å². The lowest BCUT2D eigenvalue weighted by atomic mass is 10.1. The molecule has 0 saturated carbocycles. The van der Waals surface area contributed by atoms with Crippen LogP contribution in [0.15, 0.2) is 42.7 Å². The first-order chi connectivity index (χ1) is 11.6. The second kappa shape index (κ2) is 6.86. The van der Waals surface area contributed by atoms with Gasteiger partial charge < -0.3 is 10.1 Å². The average Bonchev–Trinajstić information content (AvgIpc) is 3.09. The van der Waals surface area contributed by atoms with Crippen molar-refractivity contribution in [3.63, 3.8) is 0 Å². The minimum absolute atomic E-state index is 0.349. The second-order valence-electron chi connectivity index (χ2n) is 4.72. The SMILES string of the molecule is COc1ccc(NC(=O)c2ccc(Cl)cc2-n2cnnn2)cc1Cl. The van der Waals surface area contributed by atoms with E-state index in [0.717, 1.165) is 0 Å². The van der Waals surface area contributed by atoms with Gasteiger partial charge in [-0.15, -0.1) is 5.10 Å². The van der Waals surface area contributed by atoms with Crippen molar-refractivity contribution in [2.75, 3.05) is 12.4 Å². The Labute approximate surface area is 147 Å². The fourth-order valence-corrected chi connectivity index (χ4v) is 2.52. The monoisotopic (exact) mass is 363 g/mol. The normalized spacial score (nSPS) is 10.5. The minimum Gasteiger partial charge on any atom is -0.495 e. The van der Waals surface area contributed by atoms with Crippen molar-refractivity contribution in [1.82, 2.24) is 20.2 Å². The Morgan fingerprint density at radius 1 is 1.21 bits per heavy atom. The number of halogens is 2. The van der Waals surface area contributed by atoms with Gasteiger partial charge in [0.1, 0.15) is 12.1 Å². The topological polar surface area (TPSA) is 81.9 Å². The fraction of sp³-hybridized carbons (Fsp3) is 0.0667. The molecule has 0 saturated heterocycles. The number of carbonyl (C=O) groups is 1. The maximum Gasteiger partial charge on any atom is 0.257 e. The molecule has 1 amide bonds. The summed E-state index contributed by atoms with van der Waals surface area (Å²) in [5, 5.41) is 14.6. The predicted molar refractivity (Wildman–Crippen MR) is 90.1 cm³/mol. The molecule has 9 heteroatoms. The van der Waals surface area contributed by atoms with Crippen molar-refractivity contribution in [3.05, 3.63) is 58.3 Å². The highest BCUT2D eigenvalue weighted by atomic mass is 35.5. The summed E-state index contributed by atoms with van der Waals surface area (Å²) < 4.78 is 6.45. The molecule has 0 bridgehead atoms. The summed E-state index contributed by atoms with van der Waals surface area (Å²) in [6.07, 6.45) is 1.38. The lowest BCUT2D eigenvalue weighted by Crippen LogP contribution is -2.15. The summed E-state index contributed by atoms with van der Waals surface area (Å²) in [6, 6.07) is 9.78. The Balaban J connectivity index is 1.92. The molecule has 3 aromatic rings. The molecule has 0 aliphatic heterocycles. The van der Waals surface area contributed by atoms with Gasteiger partial charge in [-0.05, 0) is 46.8 Å². The fourth-order valence-electron chi connectivity index (χ4n) is 2.10. The van der Waals surface area contributed by atoms with Gasteiger partial charge in [-0.1, -0.05) is 23.2 Å². The maximum atomic E-state index is 12.6. The highest BCUT2D eigenvalue weighted by Gasteiger charge is 2.15. The number of hydrogen-bond acceptors (Lipinski definition) is 5. The van der Waals surface area contributed by atoms with Crippen LogP contribution in [0.4, 0.5) is 5.69 Å². The number of methoxy groups -OCH3 is 1. The molecule has 122 valence electrons. The zero-order valence-corrected chi connectivity index (χ0v) is 13.9. The van der Waals surface area contributed by atoms with Crippen molar-refractivity contribution in [1.29, 1.82) is 0 Å². The molecule has 0 fully saturated rings. The third kappa shape index (κ3) is 3.32. The van der Waals surface area contributed by atoms with E-state index in [-0.39, 0.29) is 5.91 Å². The van der Waals surface area contributed by atoms with E-state index in [4.69, 9.17) is 27.9 Å². The molecule has 24 heavy (non-hydrogen) atoms. The summed E-state index contributed by atoms with van der Waals surface area (Å²) in [6.45, 7) is 0. The van der Waals surface area contributed by atoms with Gasteiger partial charge in [0.25, 0.3) is 5.91 Å². The lowest BCUT2D eigenvalue weighted by molar-refractivity contribution is 0.102. The summed E-state index contributed by atoms with van der Waals surface area (Å²) >= 11 is 12.1. The molecule has 1 N–H and O–H groups in total. The van der Waals surface area contributed by atoms with Gasteiger partial charge in [-0.3, -0.25) is 4.79 Å². The first-order valence-corrected chi connectivity index (χ1v) is 7.52. The molecule has 3 rings (SSSR count). The van der Waals surface area contributed by atoms with Crippen molar-refractivity contribution in [3.8, 4) is 11.4 Å². The number of amides is 1. The van der Waals surface area contributed by atoms with Gasteiger partial charge in [0.2, 0.25) is 0 Å². The van der Waals surface area contributed by atoms with Gasteiger partial charge in [-0.25, -0.2) is 0 Å². The van der Waals surface area contributed by atoms with Crippen LogP contribution in [0.2, 0.25) is 10.0 Å². The van der Waals surface area contributed by atoms with Crippen molar-refractivity contribution in [2.24, 2.45) is 0 Å². The van der Waals surface area contributed by atoms with Gasteiger partial charge in [0, 0.05) is 10.7 Å². The minimum atomic E-state index is -0.349. The van der Waals surface area contributed by atoms with E-state index in [1.165, 1.54) is 18.1 Å². The molecule has 0 aliphatic carbocycles. The molecule has 0 radical (unpaired) electrons. The van der Waals surface area contributed by atoms with Crippen LogP contribution in [0.25, 0.3) is 5.69 Å². The average molecular weight is 364 g/mol. The van der Waals surface area contributed by atoms with E-state index in [1.807, 2.05) is 0 Å². The zero-order valence-electron chi connectivity index (χ0n) is 12.4. The van der Waals surface area contributed by atoms with Gasteiger partial charge >= 0.3 is 0 Å². The van der Waals surface area contributed by atoms with Crippen LogP contribution in [-0.4, -0.2) is 33.2 Å². The number of anilines is 1. The highest BCUT2D eigenvalue weighted by Crippen LogP contribution is 2.28. The number of benzene rings is 2. The van der Waals surface area contributed by atoms with E-state index in [1.54, 1.807) is 36.4 Å². The van der Waals surface area contributed by atoms with E-state index in [9.17, 15) is 4.79 Å². The Morgan fingerprint density at radius 2 is 2.04 bits per heavy atom. The third-order valence-corrected chi connectivity index (χ3v) is 3.74. The number of nitrogens with zero attached hydrogens (tertiary/aromatic N) is 4. The molecule has 0 spiro atoms. The number of rotatable bonds is 4. The van der Waals surface area contributed by atoms with E-state index in [2.05, 4.69) is 20.8 Å². The van der Waals surface area contributed by atoms with Crippen LogP contribution in [0.1, 0.15) is 10.4 Å². The van der Waals surface area contributed by atoms with Crippen LogP contribution in [-0.2, 0) is 0 Å². The second-order valence-corrected chi connectivity index (χ2v) is 5.56. The van der Waals surface area contributed by atoms with Gasteiger partial charge in [0.15, 0.2) is 0 Å². The van der Waals surface area contributed by atoms with Crippen molar-refractivity contribution in [2.45, 2.75) is 0 Å². The predicted octanol–water partition coefficient (Wildman–Crippen LogP) is 3.23. The summed E-state index contributed by atoms with van der Waals surface area (Å²) in [5.41, 5.74) is 1.35. The van der Waals surface area contributed by atoms with Gasteiger partial charge in [-0.2, -0.15) is 4.68 Å². The molecular weight excluding hydrogens is 353 g/mol. The lowest BCUT2D eigenvalue weighted by Gasteiger charge is -2.11. The third-order valence-electron chi connectivity index (χ3n) is 3.21. The van der Waals surface area contributed by atoms with Crippen LogP contribution in [0.5, 0.6) is 5.75 Å². The molecule has 0 unspecified atom stereocenters. The smallest absolute Gasteiger partial charge is 0.257 e. The molecular formula is C15H11Cl2N5O2. The van der Waals surface area contributed by atoms with E-state index < -0.39 is 0 Å².